The third kappa shape index (κ3) is 2.78. The molecule has 7 nitrogen and oxygen atoms in total. The van der Waals surface area contributed by atoms with E-state index in [4.69, 9.17) is 4.74 Å². The maximum atomic E-state index is 14.3. The van der Waals surface area contributed by atoms with Crippen LogP contribution in [0.2, 0.25) is 0 Å². The zero-order valence-corrected chi connectivity index (χ0v) is 13.9. The normalized spacial score (nSPS) is 23.0. The second kappa shape index (κ2) is 5.96. The van der Waals surface area contributed by atoms with Crippen molar-refractivity contribution < 1.29 is 22.7 Å². The number of piperidine rings is 1. The van der Waals surface area contributed by atoms with Crippen LogP contribution >= 0.6 is 0 Å². The van der Waals surface area contributed by atoms with Gasteiger partial charge in [0.1, 0.15) is 5.82 Å². The molecule has 4 rings (SSSR count). The van der Waals surface area contributed by atoms with Crippen molar-refractivity contribution in [3.8, 4) is 0 Å². The van der Waals surface area contributed by atoms with Crippen LogP contribution in [0.1, 0.15) is 23.0 Å². The van der Waals surface area contributed by atoms with Crippen LogP contribution < -0.4 is 4.90 Å². The summed E-state index contributed by atoms with van der Waals surface area (Å²) in [5.74, 6) is -4.84. The molecule has 0 radical (unpaired) electrons. The van der Waals surface area contributed by atoms with E-state index in [9.17, 15) is 18.0 Å². The molecule has 3 heterocycles. The Balaban J connectivity index is 1.43. The minimum atomic E-state index is -2.58. The van der Waals surface area contributed by atoms with E-state index in [0.717, 1.165) is 0 Å². The van der Waals surface area contributed by atoms with E-state index < -0.39 is 29.7 Å². The van der Waals surface area contributed by atoms with Gasteiger partial charge < -0.3 is 9.64 Å². The summed E-state index contributed by atoms with van der Waals surface area (Å²) in [5.41, 5.74) is 0.290. The highest BCUT2D eigenvalue weighted by Gasteiger charge is 2.71. The van der Waals surface area contributed by atoms with Crippen LogP contribution in [0.25, 0.3) is 0 Å². The van der Waals surface area contributed by atoms with Gasteiger partial charge in [-0.2, -0.15) is 4.39 Å². The molecule has 0 N–H and O–H groups in total. The second-order valence-electron chi connectivity index (χ2n) is 6.43. The maximum absolute atomic E-state index is 14.3. The summed E-state index contributed by atoms with van der Waals surface area (Å²) >= 11 is 0. The molecule has 2 atom stereocenters. The van der Waals surface area contributed by atoms with Crippen LogP contribution in [0.15, 0.2) is 18.3 Å². The molecule has 1 saturated carbocycles. The molecule has 2 aromatic heterocycles. The lowest BCUT2D eigenvalue weighted by atomic mass is 10.2. The fraction of sp³-hybridized carbons (Fsp3) is 0.500. The van der Waals surface area contributed by atoms with Crippen molar-refractivity contribution in [1.29, 1.82) is 0 Å². The van der Waals surface area contributed by atoms with Gasteiger partial charge in [-0.1, -0.05) is 5.21 Å². The van der Waals surface area contributed by atoms with Crippen LogP contribution in [0.3, 0.4) is 0 Å². The molecule has 1 aliphatic heterocycles. The van der Waals surface area contributed by atoms with E-state index in [1.54, 1.807) is 17.9 Å². The highest BCUT2D eigenvalue weighted by Crippen LogP contribution is 2.59. The highest BCUT2D eigenvalue weighted by atomic mass is 19.3. The Hall–Kier alpha value is -2.65. The number of fused-ring (bicyclic) bond motifs is 1. The van der Waals surface area contributed by atoms with Crippen molar-refractivity contribution in [3.05, 3.63) is 35.5 Å². The van der Waals surface area contributed by atoms with Gasteiger partial charge in [0.05, 0.1) is 31.2 Å². The van der Waals surface area contributed by atoms with Crippen molar-refractivity contribution in [2.24, 2.45) is 11.8 Å². The fourth-order valence-electron chi connectivity index (χ4n) is 3.29. The first-order chi connectivity index (χ1) is 12.4. The molecule has 10 heteroatoms. The van der Waals surface area contributed by atoms with Gasteiger partial charge in [-0.15, -0.1) is 5.10 Å². The summed E-state index contributed by atoms with van der Waals surface area (Å²) in [6.45, 7) is 2.31. The first kappa shape index (κ1) is 16.8. The van der Waals surface area contributed by atoms with E-state index in [0.29, 0.717) is 5.82 Å². The average Bonchev–Trinajstić information content (AvgIpc) is 3.05. The molecule has 0 spiro atoms. The van der Waals surface area contributed by atoms with E-state index in [1.807, 2.05) is 0 Å². The van der Waals surface area contributed by atoms with E-state index in [1.165, 1.54) is 16.9 Å². The molecule has 0 aromatic carbocycles. The molecule has 138 valence electrons. The largest absolute Gasteiger partial charge is 0.461 e. The quantitative estimate of drug-likeness (QED) is 0.592. The van der Waals surface area contributed by atoms with Gasteiger partial charge in [0.15, 0.2) is 5.69 Å². The zero-order chi connectivity index (χ0) is 18.5. The molecule has 2 unspecified atom stereocenters. The number of pyridine rings is 1. The molecule has 1 aliphatic carbocycles. The van der Waals surface area contributed by atoms with Crippen molar-refractivity contribution >= 4 is 11.8 Å². The van der Waals surface area contributed by atoms with E-state index in [2.05, 4.69) is 15.3 Å². The molecule has 2 aromatic rings. The number of anilines is 1. The van der Waals surface area contributed by atoms with Crippen molar-refractivity contribution in [2.75, 3.05) is 24.6 Å². The Bertz CT molecular complexity index is 842. The van der Waals surface area contributed by atoms with Gasteiger partial charge in [0.25, 0.3) is 5.92 Å². The van der Waals surface area contributed by atoms with Crippen LogP contribution in [0.5, 0.6) is 0 Å². The minimum absolute atomic E-state index is 0.0362. The number of rotatable bonds is 5. The fourth-order valence-corrected chi connectivity index (χ4v) is 3.29. The van der Waals surface area contributed by atoms with Crippen LogP contribution in [0.4, 0.5) is 19.0 Å². The zero-order valence-electron chi connectivity index (χ0n) is 13.9. The summed E-state index contributed by atoms with van der Waals surface area (Å²) in [6.07, 6.45) is 1.36. The van der Waals surface area contributed by atoms with Gasteiger partial charge in [-0.25, -0.2) is 23.2 Å². The Kier molecular flexibility index (Phi) is 3.85. The van der Waals surface area contributed by atoms with Crippen LogP contribution in [0, 0.1) is 17.8 Å². The van der Waals surface area contributed by atoms with Crippen molar-refractivity contribution in [3.63, 3.8) is 0 Å². The summed E-state index contributed by atoms with van der Waals surface area (Å²) < 4.78 is 46.9. The third-order valence-electron chi connectivity index (χ3n) is 4.79. The number of aromatic nitrogens is 4. The van der Waals surface area contributed by atoms with Gasteiger partial charge >= 0.3 is 5.97 Å². The van der Waals surface area contributed by atoms with E-state index in [-0.39, 0.29) is 37.5 Å². The summed E-state index contributed by atoms with van der Waals surface area (Å²) in [6, 6.07) is 3.13. The van der Waals surface area contributed by atoms with Gasteiger partial charge in [0, 0.05) is 18.7 Å². The monoisotopic (exact) mass is 367 g/mol. The number of nitrogens with zero attached hydrogens (tertiary/aromatic N) is 5. The number of hydrogen-bond acceptors (Lipinski definition) is 6. The minimum Gasteiger partial charge on any atom is -0.461 e. The predicted molar refractivity (Wildman–Crippen MR) is 83.4 cm³/mol. The number of ether oxygens (including phenoxy) is 1. The molecule has 26 heavy (non-hydrogen) atoms. The molecule has 2 fully saturated rings. The first-order valence-electron chi connectivity index (χ1n) is 8.25. The average molecular weight is 367 g/mol. The highest BCUT2D eigenvalue weighted by molar-refractivity contribution is 5.86. The standard InChI is InChI=1S/C16H16F3N5O2/c1-2-26-15(25)12-8-24(22-21-12)5-9-3-4-13(20-14(9)17)23-6-10-11(7-23)16(10,18)19/h3-4,8,10-11H,2,5-7H2,1H3. The molecule has 0 amide bonds. The van der Waals surface area contributed by atoms with Crippen molar-refractivity contribution in [2.45, 2.75) is 19.4 Å². The number of carbonyl (C=O) groups excluding carboxylic acids is 1. The Morgan fingerprint density at radius 1 is 1.35 bits per heavy atom. The van der Waals surface area contributed by atoms with Crippen LogP contribution in [-0.4, -0.2) is 51.6 Å². The molecule has 2 aliphatic rings. The number of hydrogen-bond donors (Lipinski definition) is 0. The Labute approximate surface area is 146 Å². The Morgan fingerprint density at radius 3 is 2.73 bits per heavy atom. The topological polar surface area (TPSA) is 73.1 Å². The summed E-state index contributed by atoms with van der Waals surface area (Å²) in [7, 11) is 0. The third-order valence-corrected chi connectivity index (χ3v) is 4.79. The number of carbonyl (C=O) groups is 1. The maximum Gasteiger partial charge on any atom is 0.360 e. The molecular weight excluding hydrogens is 351 g/mol. The van der Waals surface area contributed by atoms with E-state index >= 15 is 0 Å². The van der Waals surface area contributed by atoms with Crippen LogP contribution in [-0.2, 0) is 11.3 Å². The lowest BCUT2D eigenvalue weighted by molar-refractivity contribution is 0.0519. The number of halogens is 3. The number of esters is 1. The molecule has 1 saturated heterocycles. The lowest BCUT2D eigenvalue weighted by Gasteiger charge is -2.21. The smallest absolute Gasteiger partial charge is 0.360 e. The number of alkyl halides is 2. The molecule has 0 bridgehead atoms. The Morgan fingerprint density at radius 2 is 2.08 bits per heavy atom. The van der Waals surface area contributed by atoms with Crippen molar-refractivity contribution in [1.82, 2.24) is 20.0 Å². The van der Waals surface area contributed by atoms with Gasteiger partial charge in [-0.3, -0.25) is 0 Å². The van der Waals surface area contributed by atoms with Gasteiger partial charge in [-0.05, 0) is 19.1 Å². The SMILES string of the molecule is CCOC(=O)c1cn(Cc2ccc(N3CC4C(C3)C4(F)F)nc2F)nn1. The summed E-state index contributed by atoms with van der Waals surface area (Å²) in [5, 5.41) is 7.45. The summed E-state index contributed by atoms with van der Waals surface area (Å²) in [4.78, 5) is 17.1. The van der Waals surface area contributed by atoms with Gasteiger partial charge in [0.2, 0.25) is 5.95 Å². The first-order valence-corrected chi connectivity index (χ1v) is 8.25. The predicted octanol–water partition coefficient (Wildman–Crippen LogP) is 1.74. The molecular formula is C16H16F3N5O2. The lowest BCUT2D eigenvalue weighted by Crippen LogP contribution is -2.28. The second-order valence-corrected chi connectivity index (χ2v) is 6.43.